The summed E-state index contributed by atoms with van der Waals surface area (Å²) in [5.41, 5.74) is 2.29. The van der Waals surface area contributed by atoms with Crippen LogP contribution in [0.5, 0.6) is 0 Å². The molecule has 1 N–H and O–H groups in total. The number of hydrogen-bond acceptors (Lipinski definition) is 5. The smallest absolute Gasteiger partial charge is 0.223 e. The zero-order chi connectivity index (χ0) is 14.5. The molecule has 0 saturated heterocycles. The van der Waals surface area contributed by atoms with E-state index in [1.165, 1.54) is 0 Å². The maximum absolute atomic E-state index is 9.46. The van der Waals surface area contributed by atoms with Crippen LogP contribution in [-0.4, -0.2) is 21.0 Å². The predicted molar refractivity (Wildman–Crippen MR) is 77.2 cm³/mol. The molecular weight excluding hydrogens is 250 g/mol. The summed E-state index contributed by atoms with van der Waals surface area (Å²) >= 11 is 0. The van der Waals surface area contributed by atoms with Crippen LogP contribution in [0.2, 0.25) is 0 Å². The molecule has 1 unspecified atom stereocenters. The second-order valence-corrected chi connectivity index (χ2v) is 4.88. The number of aryl methyl sites for hydroxylation is 1. The molecule has 1 atom stereocenters. The summed E-state index contributed by atoms with van der Waals surface area (Å²) in [5, 5.41) is 12.6. The lowest BCUT2D eigenvalue weighted by Crippen LogP contribution is -2.15. The van der Waals surface area contributed by atoms with Gasteiger partial charge in [0.2, 0.25) is 5.95 Å². The van der Waals surface area contributed by atoms with Crippen LogP contribution in [0.1, 0.15) is 36.7 Å². The monoisotopic (exact) mass is 267 g/mol. The molecule has 2 aromatic rings. The first-order valence-corrected chi connectivity index (χ1v) is 6.52. The normalized spacial score (nSPS) is 11.9. The van der Waals surface area contributed by atoms with Gasteiger partial charge in [-0.2, -0.15) is 5.26 Å². The third kappa shape index (κ3) is 3.09. The molecule has 0 spiro atoms. The first-order chi connectivity index (χ1) is 9.61. The second kappa shape index (κ2) is 6.11. The molecule has 0 aliphatic carbocycles. The van der Waals surface area contributed by atoms with Crippen LogP contribution in [0.4, 0.5) is 5.95 Å². The van der Waals surface area contributed by atoms with E-state index >= 15 is 0 Å². The highest BCUT2D eigenvalue weighted by atomic mass is 15.1. The Kier molecular flexibility index (Phi) is 4.26. The number of aromatic nitrogens is 3. The first kappa shape index (κ1) is 13.9. The minimum atomic E-state index is -0.480. The zero-order valence-corrected chi connectivity index (χ0v) is 11.8. The van der Waals surface area contributed by atoms with Gasteiger partial charge in [-0.1, -0.05) is 6.07 Å². The van der Waals surface area contributed by atoms with Crippen molar-refractivity contribution in [3.8, 4) is 6.07 Å². The summed E-state index contributed by atoms with van der Waals surface area (Å²) in [5.74, 6) is 0.0590. The molecule has 0 bridgehead atoms. The molecule has 2 aromatic heterocycles. The maximum atomic E-state index is 9.46. The van der Waals surface area contributed by atoms with Crippen LogP contribution in [0.15, 0.2) is 30.6 Å². The minimum absolute atomic E-state index is 0.237. The van der Waals surface area contributed by atoms with Gasteiger partial charge in [-0.05, 0) is 38.5 Å². The molecule has 0 aliphatic rings. The lowest BCUT2D eigenvalue weighted by atomic mass is 9.99. The van der Waals surface area contributed by atoms with Gasteiger partial charge in [0.25, 0.3) is 0 Å². The van der Waals surface area contributed by atoms with Crippen LogP contribution in [-0.2, 0) is 0 Å². The highest BCUT2D eigenvalue weighted by Gasteiger charge is 2.19. The van der Waals surface area contributed by atoms with Crippen LogP contribution in [0.3, 0.4) is 0 Å². The molecule has 0 radical (unpaired) electrons. The van der Waals surface area contributed by atoms with Gasteiger partial charge in [0.15, 0.2) is 0 Å². The highest BCUT2D eigenvalue weighted by Crippen LogP contribution is 2.23. The number of rotatable bonds is 4. The van der Waals surface area contributed by atoms with E-state index in [4.69, 9.17) is 0 Å². The summed E-state index contributed by atoms with van der Waals surface area (Å²) < 4.78 is 0. The number of nitriles is 1. The van der Waals surface area contributed by atoms with Crippen LogP contribution < -0.4 is 5.32 Å². The Morgan fingerprint density at radius 1 is 1.25 bits per heavy atom. The van der Waals surface area contributed by atoms with E-state index in [9.17, 15) is 5.26 Å². The average Bonchev–Trinajstić information content (AvgIpc) is 2.44. The summed E-state index contributed by atoms with van der Waals surface area (Å²) in [6.07, 6.45) is 3.42. The molecule has 2 rings (SSSR count). The van der Waals surface area contributed by atoms with Crippen molar-refractivity contribution in [2.24, 2.45) is 0 Å². The zero-order valence-electron chi connectivity index (χ0n) is 11.8. The average molecular weight is 267 g/mol. The third-order valence-corrected chi connectivity index (χ3v) is 2.81. The molecule has 0 amide bonds. The maximum Gasteiger partial charge on any atom is 0.223 e. The molecule has 5 heteroatoms. The lowest BCUT2D eigenvalue weighted by Gasteiger charge is -2.14. The van der Waals surface area contributed by atoms with Crippen molar-refractivity contribution in [1.82, 2.24) is 15.0 Å². The van der Waals surface area contributed by atoms with Gasteiger partial charge in [0.1, 0.15) is 5.92 Å². The Labute approximate surface area is 118 Å². The molecule has 20 heavy (non-hydrogen) atoms. The summed E-state index contributed by atoms with van der Waals surface area (Å²) in [6, 6.07) is 8.05. The Balaban J connectivity index is 2.42. The van der Waals surface area contributed by atoms with E-state index in [2.05, 4.69) is 26.3 Å². The van der Waals surface area contributed by atoms with E-state index in [-0.39, 0.29) is 6.04 Å². The van der Waals surface area contributed by atoms with Crippen LogP contribution >= 0.6 is 0 Å². The SMILES string of the molecule is Cc1cnc(NC(C)C)nc1C(C#N)c1ccccn1. The van der Waals surface area contributed by atoms with Gasteiger partial charge in [0.05, 0.1) is 17.5 Å². The summed E-state index contributed by atoms with van der Waals surface area (Å²) in [7, 11) is 0. The van der Waals surface area contributed by atoms with Crippen LogP contribution in [0.25, 0.3) is 0 Å². The van der Waals surface area contributed by atoms with E-state index in [1.54, 1.807) is 12.4 Å². The van der Waals surface area contributed by atoms with E-state index in [0.717, 1.165) is 5.56 Å². The van der Waals surface area contributed by atoms with Crippen molar-refractivity contribution in [2.75, 3.05) is 5.32 Å². The standard InChI is InChI=1S/C15H17N5/c1-10(2)19-15-18-9-11(3)14(20-15)12(8-16)13-6-4-5-7-17-13/h4-7,9-10,12H,1-3H3,(H,18,19,20). The predicted octanol–water partition coefficient (Wildman–Crippen LogP) is 2.66. The number of anilines is 1. The number of pyridine rings is 1. The highest BCUT2D eigenvalue weighted by molar-refractivity contribution is 5.38. The van der Waals surface area contributed by atoms with E-state index in [1.807, 2.05) is 39.0 Å². The quantitative estimate of drug-likeness (QED) is 0.921. The van der Waals surface area contributed by atoms with Crippen molar-refractivity contribution in [1.29, 1.82) is 5.26 Å². The fourth-order valence-electron chi connectivity index (χ4n) is 1.89. The van der Waals surface area contributed by atoms with Crippen LogP contribution in [0, 0.1) is 18.3 Å². The summed E-state index contributed by atoms with van der Waals surface area (Å²) in [4.78, 5) is 13.0. The van der Waals surface area contributed by atoms with Gasteiger partial charge in [-0.25, -0.2) is 9.97 Å². The van der Waals surface area contributed by atoms with Gasteiger partial charge in [0, 0.05) is 18.4 Å². The van der Waals surface area contributed by atoms with Crippen molar-refractivity contribution in [2.45, 2.75) is 32.7 Å². The van der Waals surface area contributed by atoms with Gasteiger partial charge in [-0.3, -0.25) is 4.98 Å². The Hall–Kier alpha value is -2.48. The molecule has 102 valence electrons. The Morgan fingerprint density at radius 2 is 2.05 bits per heavy atom. The Bertz CT molecular complexity index is 616. The molecule has 0 aromatic carbocycles. The Morgan fingerprint density at radius 3 is 2.65 bits per heavy atom. The minimum Gasteiger partial charge on any atom is -0.352 e. The van der Waals surface area contributed by atoms with Gasteiger partial charge in [-0.15, -0.1) is 0 Å². The molecular formula is C15H17N5. The number of hydrogen-bond donors (Lipinski definition) is 1. The second-order valence-electron chi connectivity index (χ2n) is 4.88. The molecule has 5 nitrogen and oxygen atoms in total. The van der Waals surface area contributed by atoms with E-state index in [0.29, 0.717) is 17.3 Å². The van der Waals surface area contributed by atoms with Gasteiger partial charge < -0.3 is 5.32 Å². The van der Waals surface area contributed by atoms with Crippen molar-refractivity contribution >= 4 is 5.95 Å². The lowest BCUT2D eigenvalue weighted by molar-refractivity contribution is 0.844. The first-order valence-electron chi connectivity index (χ1n) is 6.52. The fourth-order valence-corrected chi connectivity index (χ4v) is 1.89. The van der Waals surface area contributed by atoms with Crippen molar-refractivity contribution in [3.63, 3.8) is 0 Å². The van der Waals surface area contributed by atoms with E-state index < -0.39 is 5.92 Å². The third-order valence-electron chi connectivity index (χ3n) is 2.81. The molecule has 0 fully saturated rings. The largest absolute Gasteiger partial charge is 0.352 e. The molecule has 0 saturated carbocycles. The molecule has 0 aliphatic heterocycles. The topological polar surface area (TPSA) is 74.5 Å². The fraction of sp³-hybridized carbons (Fsp3) is 0.333. The molecule has 2 heterocycles. The summed E-state index contributed by atoms with van der Waals surface area (Å²) in [6.45, 7) is 5.94. The number of nitrogens with one attached hydrogen (secondary N) is 1. The van der Waals surface area contributed by atoms with Crippen molar-refractivity contribution in [3.05, 3.63) is 47.5 Å². The van der Waals surface area contributed by atoms with Gasteiger partial charge >= 0.3 is 0 Å². The van der Waals surface area contributed by atoms with Crippen molar-refractivity contribution < 1.29 is 0 Å². The number of nitrogens with zero attached hydrogens (tertiary/aromatic N) is 4.